The third-order valence-corrected chi connectivity index (χ3v) is 3.96. The predicted molar refractivity (Wildman–Crippen MR) is 74.5 cm³/mol. The number of hydrogen-bond acceptors (Lipinski definition) is 5. The zero-order valence-corrected chi connectivity index (χ0v) is 11.7. The van der Waals surface area contributed by atoms with Gasteiger partial charge in [-0.3, -0.25) is 9.69 Å². The minimum Gasteiger partial charge on any atom is -0.486 e. The molecular formula is C15H19NO5. The quantitative estimate of drug-likeness (QED) is 0.861. The second-order valence-electron chi connectivity index (χ2n) is 5.48. The highest BCUT2D eigenvalue weighted by Gasteiger charge is 2.32. The topological polar surface area (TPSA) is 79.2 Å². The lowest BCUT2D eigenvalue weighted by Gasteiger charge is -2.35. The lowest BCUT2D eigenvalue weighted by atomic mass is 9.98. The number of benzene rings is 1. The van der Waals surface area contributed by atoms with Gasteiger partial charge in [-0.1, -0.05) is 6.07 Å². The maximum Gasteiger partial charge on any atom is 0.321 e. The van der Waals surface area contributed by atoms with Gasteiger partial charge in [0.05, 0.1) is 6.10 Å². The third-order valence-electron chi connectivity index (χ3n) is 3.96. The lowest BCUT2D eigenvalue weighted by Crippen LogP contribution is -2.48. The third kappa shape index (κ3) is 3.11. The number of aliphatic hydroxyl groups excluding tert-OH is 1. The fourth-order valence-corrected chi connectivity index (χ4v) is 2.86. The molecule has 1 aromatic carbocycles. The molecule has 1 aromatic rings. The molecule has 0 aliphatic carbocycles. The molecule has 114 valence electrons. The van der Waals surface area contributed by atoms with E-state index in [2.05, 4.69) is 0 Å². The molecule has 6 nitrogen and oxygen atoms in total. The van der Waals surface area contributed by atoms with E-state index in [0.717, 1.165) is 11.3 Å². The molecule has 6 heteroatoms. The summed E-state index contributed by atoms with van der Waals surface area (Å²) in [6.07, 6.45) is 0.358. The summed E-state index contributed by atoms with van der Waals surface area (Å²) in [6, 6.07) is 5.05. The van der Waals surface area contributed by atoms with Crippen LogP contribution < -0.4 is 9.47 Å². The molecule has 2 aliphatic heterocycles. The summed E-state index contributed by atoms with van der Waals surface area (Å²) in [5.41, 5.74) is 0.988. The average molecular weight is 293 g/mol. The van der Waals surface area contributed by atoms with Crippen LogP contribution in [-0.2, 0) is 11.3 Å². The highest BCUT2D eigenvalue weighted by atomic mass is 16.6. The Morgan fingerprint density at radius 2 is 2.05 bits per heavy atom. The van der Waals surface area contributed by atoms with Gasteiger partial charge in [-0.05, 0) is 30.5 Å². The van der Waals surface area contributed by atoms with Gasteiger partial charge < -0.3 is 19.7 Å². The summed E-state index contributed by atoms with van der Waals surface area (Å²) < 4.78 is 11.0. The number of carboxylic acids is 1. The largest absolute Gasteiger partial charge is 0.486 e. The molecule has 2 atom stereocenters. The first-order valence-corrected chi connectivity index (χ1v) is 7.17. The van der Waals surface area contributed by atoms with Gasteiger partial charge in [0.2, 0.25) is 0 Å². The van der Waals surface area contributed by atoms with Crippen LogP contribution in [0.1, 0.15) is 18.4 Å². The van der Waals surface area contributed by atoms with Gasteiger partial charge in [0.25, 0.3) is 0 Å². The van der Waals surface area contributed by atoms with Crippen molar-refractivity contribution in [1.82, 2.24) is 4.90 Å². The summed E-state index contributed by atoms with van der Waals surface area (Å²) >= 11 is 0. The van der Waals surface area contributed by atoms with E-state index in [1.165, 1.54) is 0 Å². The predicted octanol–water partition coefficient (Wildman–Crippen LogP) is 0.868. The van der Waals surface area contributed by atoms with Gasteiger partial charge in [0, 0.05) is 13.1 Å². The summed E-state index contributed by atoms with van der Waals surface area (Å²) in [4.78, 5) is 13.2. The van der Waals surface area contributed by atoms with Crippen LogP contribution in [0, 0.1) is 0 Å². The number of piperidine rings is 1. The number of fused-ring (bicyclic) bond motifs is 1. The van der Waals surface area contributed by atoms with Crippen LogP contribution in [-0.4, -0.2) is 53.0 Å². The molecule has 0 aromatic heterocycles. The fourth-order valence-electron chi connectivity index (χ4n) is 2.86. The second-order valence-corrected chi connectivity index (χ2v) is 5.48. The van der Waals surface area contributed by atoms with Crippen LogP contribution in [0.2, 0.25) is 0 Å². The molecule has 2 heterocycles. The van der Waals surface area contributed by atoms with E-state index in [0.29, 0.717) is 38.5 Å². The zero-order valence-electron chi connectivity index (χ0n) is 11.7. The van der Waals surface area contributed by atoms with Crippen molar-refractivity contribution in [3.8, 4) is 11.5 Å². The molecule has 0 bridgehead atoms. The normalized spacial score (nSPS) is 25.6. The molecule has 3 rings (SSSR count). The number of hydrogen-bond donors (Lipinski definition) is 2. The van der Waals surface area contributed by atoms with E-state index in [9.17, 15) is 15.0 Å². The first-order chi connectivity index (χ1) is 10.1. The lowest BCUT2D eigenvalue weighted by molar-refractivity contribution is -0.146. The molecule has 21 heavy (non-hydrogen) atoms. The number of ether oxygens (including phenoxy) is 2. The molecule has 2 N–H and O–H groups in total. The summed E-state index contributed by atoms with van der Waals surface area (Å²) in [5.74, 6) is 0.558. The number of likely N-dealkylation sites (tertiary alicyclic amines) is 1. The van der Waals surface area contributed by atoms with Crippen LogP contribution in [0.3, 0.4) is 0 Å². The Balaban J connectivity index is 1.74. The van der Waals surface area contributed by atoms with Gasteiger partial charge in [0.1, 0.15) is 19.3 Å². The van der Waals surface area contributed by atoms with Crippen molar-refractivity contribution in [2.24, 2.45) is 0 Å². The first-order valence-electron chi connectivity index (χ1n) is 7.17. The summed E-state index contributed by atoms with van der Waals surface area (Å²) in [5, 5.41) is 18.9. The Labute approximate surface area is 122 Å². The number of rotatable bonds is 3. The molecule has 1 saturated heterocycles. The zero-order chi connectivity index (χ0) is 14.8. The SMILES string of the molecule is O=C(O)[C@H]1C[C@@H](O)CCN1Cc1ccc2c(c1)OCCO2. The Hall–Kier alpha value is -1.79. The number of carbonyl (C=O) groups is 1. The van der Waals surface area contributed by atoms with Gasteiger partial charge in [-0.2, -0.15) is 0 Å². The van der Waals surface area contributed by atoms with Gasteiger partial charge in [-0.15, -0.1) is 0 Å². The fraction of sp³-hybridized carbons (Fsp3) is 0.533. The van der Waals surface area contributed by atoms with Crippen LogP contribution in [0.4, 0.5) is 0 Å². The number of aliphatic hydroxyl groups is 1. The molecule has 0 spiro atoms. The Kier molecular flexibility index (Phi) is 3.98. The summed E-state index contributed by atoms with van der Waals surface area (Å²) in [6.45, 7) is 2.19. The maximum atomic E-state index is 11.3. The van der Waals surface area contributed by atoms with Crippen molar-refractivity contribution in [3.63, 3.8) is 0 Å². The summed E-state index contributed by atoms with van der Waals surface area (Å²) in [7, 11) is 0. The molecule has 0 amide bonds. The van der Waals surface area contributed by atoms with E-state index in [1.54, 1.807) is 0 Å². The minimum atomic E-state index is -0.883. The highest BCUT2D eigenvalue weighted by Crippen LogP contribution is 2.31. The van der Waals surface area contributed by atoms with Crippen molar-refractivity contribution in [3.05, 3.63) is 23.8 Å². The molecule has 1 fully saturated rings. The second kappa shape index (κ2) is 5.91. The number of aliphatic carboxylic acids is 1. The van der Waals surface area contributed by atoms with Crippen molar-refractivity contribution in [2.75, 3.05) is 19.8 Å². The van der Waals surface area contributed by atoms with Crippen molar-refractivity contribution in [2.45, 2.75) is 31.5 Å². The molecule has 0 saturated carbocycles. The van der Waals surface area contributed by atoms with E-state index >= 15 is 0 Å². The standard InChI is InChI=1S/C15H19NO5/c17-11-3-4-16(12(8-11)15(18)19)9-10-1-2-13-14(7-10)21-6-5-20-13/h1-2,7,11-12,17H,3-6,8-9H2,(H,18,19)/t11-,12+/m0/s1. The van der Waals surface area contributed by atoms with Crippen LogP contribution >= 0.6 is 0 Å². The Bertz CT molecular complexity index is 533. The smallest absolute Gasteiger partial charge is 0.321 e. The van der Waals surface area contributed by atoms with Gasteiger partial charge >= 0.3 is 5.97 Å². The molecule has 0 unspecified atom stereocenters. The van der Waals surface area contributed by atoms with Crippen molar-refractivity contribution >= 4 is 5.97 Å². The van der Waals surface area contributed by atoms with E-state index < -0.39 is 18.1 Å². The number of nitrogens with zero attached hydrogens (tertiary/aromatic N) is 1. The molecule has 2 aliphatic rings. The van der Waals surface area contributed by atoms with E-state index in [1.807, 2.05) is 23.1 Å². The van der Waals surface area contributed by atoms with Crippen LogP contribution in [0.5, 0.6) is 11.5 Å². The highest BCUT2D eigenvalue weighted by molar-refractivity contribution is 5.73. The Morgan fingerprint density at radius 3 is 2.81 bits per heavy atom. The molecular weight excluding hydrogens is 274 g/mol. The van der Waals surface area contributed by atoms with Crippen molar-refractivity contribution < 1.29 is 24.5 Å². The minimum absolute atomic E-state index is 0.278. The van der Waals surface area contributed by atoms with Crippen molar-refractivity contribution in [1.29, 1.82) is 0 Å². The van der Waals surface area contributed by atoms with Gasteiger partial charge in [-0.25, -0.2) is 0 Å². The first kappa shape index (κ1) is 14.2. The Morgan fingerprint density at radius 1 is 1.29 bits per heavy atom. The monoisotopic (exact) mass is 293 g/mol. The van der Waals surface area contributed by atoms with E-state index in [-0.39, 0.29) is 6.42 Å². The maximum absolute atomic E-state index is 11.3. The van der Waals surface area contributed by atoms with Crippen LogP contribution in [0.15, 0.2) is 18.2 Å². The van der Waals surface area contributed by atoms with Gasteiger partial charge in [0.15, 0.2) is 11.5 Å². The number of carboxylic acid groups (broad SMARTS) is 1. The average Bonchev–Trinajstić information content (AvgIpc) is 2.49. The molecule has 0 radical (unpaired) electrons. The van der Waals surface area contributed by atoms with Crippen LogP contribution in [0.25, 0.3) is 0 Å². The van der Waals surface area contributed by atoms with E-state index in [4.69, 9.17) is 9.47 Å².